The van der Waals surface area contributed by atoms with Gasteiger partial charge in [-0.15, -0.1) is 15.3 Å². The Morgan fingerprint density at radius 2 is 2.05 bits per heavy atom. The molecule has 1 aliphatic carbocycles. The second kappa shape index (κ2) is 5.30. The summed E-state index contributed by atoms with van der Waals surface area (Å²) in [6, 6.07) is 3.77. The number of anilines is 1. The molecule has 1 fully saturated rings. The molecule has 108 valence electrons. The van der Waals surface area contributed by atoms with Crippen molar-refractivity contribution >= 4 is 11.5 Å². The van der Waals surface area contributed by atoms with Crippen LogP contribution < -0.4 is 5.32 Å². The first-order chi connectivity index (χ1) is 9.65. The quantitative estimate of drug-likeness (QED) is 0.939. The normalized spacial score (nSPS) is 23.4. The van der Waals surface area contributed by atoms with Gasteiger partial charge in [0.05, 0.1) is 0 Å². The summed E-state index contributed by atoms with van der Waals surface area (Å²) in [5.41, 5.74) is 0.336. The van der Waals surface area contributed by atoms with Crippen LogP contribution in [0.25, 0.3) is 5.65 Å². The van der Waals surface area contributed by atoms with Crippen molar-refractivity contribution in [2.45, 2.75) is 45.1 Å². The Morgan fingerprint density at radius 1 is 1.25 bits per heavy atom. The van der Waals surface area contributed by atoms with Crippen LogP contribution in [-0.4, -0.2) is 25.9 Å². The number of nitrogens with zero attached hydrogens (tertiary/aromatic N) is 4. The zero-order valence-corrected chi connectivity index (χ0v) is 11.3. The minimum Gasteiger partial charge on any atom is -0.366 e. The van der Waals surface area contributed by atoms with E-state index >= 15 is 0 Å². The number of hydrogen-bond donors (Lipinski definition) is 1. The predicted molar refractivity (Wildman–Crippen MR) is 70.8 cm³/mol. The van der Waals surface area contributed by atoms with Gasteiger partial charge in [0.15, 0.2) is 5.65 Å². The minimum atomic E-state index is -2.68. The second-order valence-electron chi connectivity index (χ2n) is 5.36. The van der Waals surface area contributed by atoms with Crippen molar-refractivity contribution < 1.29 is 8.78 Å². The highest BCUT2D eigenvalue weighted by Crippen LogP contribution is 2.26. The van der Waals surface area contributed by atoms with Crippen LogP contribution >= 0.6 is 0 Å². The largest absolute Gasteiger partial charge is 0.366 e. The third kappa shape index (κ3) is 2.44. The van der Waals surface area contributed by atoms with Crippen molar-refractivity contribution in [3.8, 4) is 0 Å². The minimum absolute atomic E-state index is 0.336. The van der Waals surface area contributed by atoms with E-state index in [2.05, 4.69) is 27.5 Å². The monoisotopic (exact) mass is 281 g/mol. The van der Waals surface area contributed by atoms with Gasteiger partial charge in [-0.05, 0) is 30.9 Å². The Morgan fingerprint density at radius 3 is 2.80 bits per heavy atom. The molecule has 0 spiro atoms. The fourth-order valence-electron chi connectivity index (χ4n) is 2.74. The average molecular weight is 281 g/mol. The molecule has 20 heavy (non-hydrogen) atoms. The van der Waals surface area contributed by atoms with Crippen molar-refractivity contribution in [3.05, 3.63) is 18.0 Å². The topological polar surface area (TPSA) is 55.1 Å². The maximum Gasteiger partial charge on any atom is 0.299 e. The molecule has 7 heteroatoms. The first-order valence-corrected chi connectivity index (χ1v) is 6.92. The summed E-state index contributed by atoms with van der Waals surface area (Å²) in [6.45, 7) is 2.21. The maximum atomic E-state index is 12.8. The van der Waals surface area contributed by atoms with Gasteiger partial charge in [0, 0.05) is 6.04 Å². The van der Waals surface area contributed by atoms with Gasteiger partial charge in [-0.3, -0.25) is 0 Å². The first-order valence-electron chi connectivity index (χ1n) is 6.92. The molecule has 5 nitrogen and oxygen atoms in total. The summed E-state index contributed by atoms with van der Waals surface area (Å²) < 4.78 is 26.7. The van der Waals surface area contributed by atoms with Gasteiger partial charge in [-0.1, -0.05) is 19.8 Å². The number of nitrogens with one attached hydrogen (secondary N) is 1. The molecule has 1 aliphatic rings. The molecule has 0 saturated heterocycles. The second-order valence-corrected chi connectivity index (χ2v) is 5.36. The highest BCUT2D eigenvalue weighted by Gasteiger charge is 2.22. The summed E-state index contributed by atoms with van der Waals surface area (Å²) in [6.07, 6.45) is 2.05. The molecule has 0 amide bonds. The molecule has 0 aromatic carbocycles. The molecular formula is C13H17F2N5. The molecule has 2 aromatic heterocycles. The zero-order chi connectivity index (χ0) is 14.1. The first kappa shape index (κ1) is 13.2. The van der Waals surface area contributed by atoms with Crippen LogP contribution in [0.2, 0.25) is 0 Å². The van der Waals surface area contributed by atoms with Crippen LogP contribution in [0, 0.1) is 5.92 Å². The lowest BCUT2D eigenvalue weighted by Crippen LogP contribution is -2.30. The van der Waals surface area contributed by atoms with E-state index in [1.165, 1.54) is 19.3 Å². The van der Waals surface area contributed by atoms with Crippen molar-refractivity contribution in [1.82, 2.24) is 19.8 Å². The maximum absolute atomic E-state index is 12.8. The van der Waals surface area contributed by atoms with E-state index in [9.17, 15) is 8.78 Å². The van der Waals surface area contributed by atoms with E-state index in [0.29, 0.717) is 23.4 Å². The number of rotatable bonds is 3. The lowest BCUT2D eigenvalue weighted by molar-refractivity contribution is 0.137. The van der Waals surface area contributed by atoms with E-state index in [-0.39, 0.29) is 0 Å². The van der Waals surface area contributed by atoms with E-state index in [1.54, 1.807) is 12.1 Å². The summed E-state index contributed by atoms with van der Waals surface area (Å²) in [5.74, 6) is 0.745. The molecule has 1 saturated carbocycles. The zero-order valence-electron chi connectivity index (χ0n) is 11.3. The van der Waals surface area contributed by atoms with Crippen LogP contribution in [-0.2, 0) is 0 Å². The Kier molecular flexibility index (Phi) is 3.50. The Balaban J connectivity index is 1.86. The molecule has 1 N–H and O–H groups in total. The van der Waals surface area contributed by atoms with Crippen molar-refractivity contribution in [1.29, 1.82) is 0 Å². The van der Waals surface area contributed by atoms with E-state index in [1.807, 2.05) is 0 Å². The van der Waals surface area contributed by atoms with Crippen molar-refractivity contribution in [2.24, 2.45) is 5.92 Å². The molecule has 2 atom stereocenters. The van der Waals surface area contributed by atoms with E-state index in [4.69, 9.17) is 0 Å². The number of hydrogen-bond acceptors (Lipinski definition) is 4. The van der Waals surface area contributed by atoms with Gasteiger partial charge in [0.2, 0.25) is 5.82 Å². The molecule has 0 aliphatic heterocycles. The lowest BCUT2D eigenvalue weighted by atomic mass is 9.86. The van der Waals surface area contributed by atoms with Crippen LogP contribution in [0.1, 0.15) is 44.9 Å². The van der Waals surface area contributed by atoms with Crippen molar-refractivity contribution in [2.75, 3.05) is 5.32 Å². The van der Waals surface area contributed by atoms with E-state index in [0.717, 1.165) is 10.9 Å². The lowest BCUT2D eigenvalue weighted by Gasteiger charge is -2.29. The van der Waals surface area contributed by atoms with Gasteiger partial charge < -0.3 is 5.32 Å². The summed E-state index contributed by atoms with van der Waals surface area (Å²) >= 11 is 0. The Hall–Kier alpha value is -1.79. The molecule has 2 unspecified atom stereocenters. The smallest absolute Gasteiger partial charge is 0.299 e. The Labute approximate surface area is 115 Å². The fraction of sp³-hybridized carbons (Fsp3) is 0.615. The van der Waals surface area contributed by atoms with Crippen LogP contribution in [0.3, 0.4) is 0 Å². The number of halogens is 2. The van der Waals surface area contributed by atoms with E-state index < -0.39 is 12.2 Å². The van der Waals surface area contributed by atoms with Crippen molar-refractivity contribution in [3.63, 3.8) is 0 Å². The average Bonchev–Trinajstić information content (AvgIpc) is 2.84. The fourth-order valence-corrected chi connectivity index (χ4v) is 2.74. The molecule has 2 heterocycles. The van der Waals surface area contributed by atoms with Gasteiger partial charge in [-0.25, -0.2) is 8.78 Å². The summed E-state index contributed by atoms with van der Waals surface area (Å²) in [4.78, 5) is 0. The van der Waals surface area contributed by atoms with Gasteiger partial charge in [-0.2, -0.15) is 4.52 Å². The van der Waals surface area contributed by atoms with Gasteiger partial charge in [0.25, 0.3) is 6.43 Å². The van der Waals surface area contributed by atoms with Crippen LogP contribution in [0.5, 0.6) is 0 Å². The molecule has 0 bridgehead atoms. The molecular weight excluding hydrogens is 264 g/mol. The highest BCUT2D eigenvalue weighted by atomic mass is 19.3. The number of alkyl halides is 2. The SMILES string of the molecule is CC1CCCCC1Nc1ccc2nnc(C(F)F)n2n1. The highest BCUT2D eigenvalue weighted by molar-refractivity contribution is 5.44. The molecule has 3 rings (SSSR count). The van der Waals surface area contributed by atoms with Gasteiger partial charge in [0.1, 0.15) is 5.82 Å². The third-order valence-corrected chi connectivity index (χ3v) is 3.93. The number of aromatic nitrogens is 4. The van der Waals surface area contributed by atoms with Gasteiger partial charge >= 0.3 is 0 Å². The molecule has 0 radical (unpaired) electrons. The predicted octanol–water partition coefficient (Wildman–Crippen LogP) is 3.05. The number of fused-ring (bicyclic) bond motifs is 1. The van der Waals surface area contributed by atoms with Crippen LogP contribution in [0.4, 0.5) is 14.6 Å². The summed E-state index contributed by atoms with van der Waals surface area (Å²) in [7, 11) is 0. The van der Waals surface area contributed by atoms with Crippen LogP contribution in [0.15, 0.2) is 12.1 Å². The Bertz CT molecular complexity index is 597. The third-order valence-electron chi connectivity index (χ3n) is 3.93. The standard InChI is InChI=1S/C13H17F2N5/c1-8-4-2-3-5-9(8)16-10-6-7-11-17-18-13(12(14)15)20(11)19-10/h6-9,12H,2-5H2,1H3,(H,16,19). The molecule has 2 aromatic rings. The summed E-state index contributed by atoms with van der Waals surface area (Å²) in [5, 5.41) is 14.7.